The second-order valence-electron chi connectivity index (χ2n) is 7.76. The summed E-state index contributed by atoms with van der Waals surface area (Å²) >= 11 is 0. The number of hydrogen-bond acceptors (Lipinski definition) is 5. The highest BCUT2D eigenvalue weighted by atomic mass is 16.5. The molecule has 0 radical (unpaired) electrons. The summed E-state index contributed by atoms with van der Waals surface area (Å²) < 4.78 is 5.54. The Morgan fingerprint density at radius 1 is 0.970 bits per heavy atom. The van der Waals surface area contributed by atoms with Gasteiger partial charge in [0.15, 0.2) is 0 Å². The lowest BCUT2D eigenvalue weighted by Gasteiger charge is -2.14. The van der Waals surface area contributed by atoms with Crippen molar-refractivity contribution in [3.05, 3.63) is 89.7 Å². The van der Waals surface area contributed by atoms with Gasteiger partial charge in [0.1, 0.15) is 12.1 Å². The maximum absolute atomic E-state index is 12.3. The fraction of sp³-hybridized carbons (Fsp3) is 0.148. The third-order valence-corrected chi connectivity index (χ3v) is 5.75. The van der Waals surface area contributed by atoms with Crippen LogP contribution < -0.4 is 11.1 Å². The number of alkyl carbamates (subject to hydrolysis) is 1. The number of nitrogen functional groups attached to an aromatic ring is 1. The Morgan fingerprint density at radius 2 is 1.67 bits per heavy atom. The molecule has 3 aromatic carbocycles. The normalized spacial score (nSPS) is 11.9. The molecule has 1 heterocycles. The highest BCUT2D eigenvalue weighted by molar-refractivity contribution is 5.86. The van der Waals surface area contributed by atoms with Gasteiger partial charge in [-0.2, -0.15) is 0 Å². The molecule has 1 aliphatic carbocycles. The van der Waals surface area contributed by atoms with Gasteiger partial charge >= 0.3 is 6.09 Å². The number of carbonyl (C=O) groups is 1. The van der Waals surface area contributed by atoms with E-state index in [1.807, 2.05) is 30.3 Å². The first-order valence-corrected chi connectivity index (χ1v) is 10.8. The van der Waals surface area contributed by atoms with Crippen molar-refractivity contribution < 1.29 is 9.53 Å². The maximum atomic E-state index is 12.3. The first-order valence-electron chi connectivity index (χ1n) is 10.8. The summed E-state index contributed by atoms with van der Waals surface area (Å²) in [7, 11) is 0. The smallest absolute Gasteiger partial charge is 0.407 e. The van der Waals surface area contributed by atoms with Crippen LogP contribution in [-0.4, -0.2) is 29.2 Å². The van der Waals surface area contributed by atoms with Crippen LogP contribution in [-0.2, 0) is 4.74 Å². The number of aromatic nitrogens is 2. The quantitative estimate of drug-likeness (QED) is 0.281. The minimum Gasteiger partial charge on any atom is -0.449 e. The van der Waals surface area contributed by atoms with Crippen LogP contribution in [0.4, 0.5) is 10.5 Å². The average Bonchev–Trinajstić information content (AvgIpc) is 3.17. The lowest BCUT2D eigenvalue weighted by atomic mass is 9.98. The summed E-state index contributed by atoms with van der Waals surface area (Å²) in [5, 5.41) is 2.77. The third-order valence-electron chi connectivity index (χ3n) is 5.75. The summed E-state index contributed by atoms with van der Waals surface area (Å²) in [5.74, 6) is 6.14. The highest BCUT2D eigenvalue weighted by Crippen LogP contribution is 2.44. The number of carbonyl (C=O) groups excluding carboxylic acids is 1. The molecule has 6 nitrogen and oxygen atoms in total. The van der Waals surface area contributed by atoms with Crippen LogP contribution in [0.1, 0.15) is 29.0 Å². The van der Waals surface area contributed by atoms with Crippen LogP contribution in [0.15, 0.2) is 73.1 Å². The second-order valence-corrected chi connectivity index (χ2v) is 7.76. The molecule has 0 aliphatic heterocycles. The van der Waals surface area contributed by atoms with Crippen molar-refractivity contribution >= 4 is 22.8 Å². The van der Waals surface area contributed by atoms with Crippen molar-refractivity contribution in [1.29, 1.82) is 0 Å². The number of rotatable bonds is 4. The average molecular weight is 434 g/mol. The monoisotopic (exact) mass is 434 g/mol. The van der Waals surface area contributed by atoms with E-state index in [0.717, 1.165) is 5.52 Å². The van der Waals surface area contributed by atoms with Crippen molar-refractivity contribution in [3.63, 3.8) is 0 Å². The molecule has 162 valence electrons. The number of anilines is 1. The molecule has 1 aliphatic rings. The zero-order valence-electron chi connectivity index (χ0n) is 17.9. The predicted molar refractivity (Wildman–Crippen MR) is 129 cm³/mol. The largest absolute Gasteiger partial charge is 0.449 e. The first-order chi connectivity index (χ1) is 16.2. The lowest BCUT2D eigenvalue weighted by Crippen LogP contribution is -2.26. The van der Waals surface area contributed by atoms with Gasteiger partial charge in [0.2, 0.25) is 0 Å². The van der Waals surface area contributed by atoms with Crippen LogP contribution in [0.3, 0.4) is 0 Å². The fourth-order valence-electron chi connectivity index (χ4n) is 4.21. The van der Waals surface area contributed by atoms with E-state index in [9.17, 15) is 4.79 Å². The minimum absolute atomic E-state index is 0.0402. The zero-order chi connectivity index (χ0) is 22.6. The van der Waals surface area contributed by atoms with Gasteiger partial charge in [-0.3, -0.25) is 9.97 Å². The Labute approximate surface area is 191 Å². The molecule has 33 heavy (non-hydrogen) atoms. The van der Waals surface area contributed by atoms with Gasteiger partial charge in [0, 0.05) is 37.0 Å². The van der Waals surface area contributed by atoms with Crippen LogP contribution in [0.5, 0.6) is 0 Å². The van der Waals surface area contributed by atoms with E-state index in [4.69, 9.17) is 10.5 Å². The van der Waals surface area contributed by atoms with Gasteiger partial charge in [0.25, 0.3) is 0 Å². The minimum atomic E-state index is -0.450. The molecule has 0 saturated carbocycles. The summed E-state index contributed by atoms with van der Waals surface area (Å²) in [6, 6.07) is 20.1. The third kappa shape index (κ3) is 4.09. The number of amides is 1. The zero-order valence-corrected chi connectivity index (χ0v) is 17.9. The number of nitrogens with two attached hydrogens (primary N) is 1. The predicted octanol–water partition coefficient (Wildman–Crippen LogP) is 4.49. The second kappa shape index (κ2) is 9.01. The van der Waals surface area contributed by atoms with E-state index in [-0.39, 0.29) is 12.5 Å². The van der Waals surface area contributed by atoms with Gasteiger partial charge in [0.05, 0.1) is 11.1 Å². The van der Waals surface area contributed by atoms with Crippen LogP contribution in [0.25, 0.3) is 22.2 Å². The number of ether oxygens (including phenoxy) is 1. The molecule has 0 bridgehead atoms. The van der Waals surface area contributed by atoms with E-state index < -0.39 is 6.09 Å². The summed E-state index contributed by atoms with van der Waals surface area (Å²) in [5.41, 5.74) is 13.5. The Bertz CT molecular complexity index is 1360. The highest BCUT2D eigenvalue weighted by Gasteiger charge is 2.28. The van der Waals surface area contributed by atoms with Crippen LogP contribution in [0.2, 0.25) is 0 Å². The van der Waals surface area contributed by atoms with Gasteiger partial charge in [-0.15, -0.1) is 0 Å². The number of nitrogens with zero attached hydrogens (tertiary/aromatic N) is 2. The van der Waals surface area contributed by atoms with Crippen molar-refractivity contribution in [1.82, 2.24) is 15.3 Å². The van der Waals surface area contributed by atoms with Crippen molar-refractivity contribution in [2.45, 2.75) is 12.3 Å². The summed E-state index contributed by atoms with van der Waals surface area (Å²) in [4.78, 5) is 20.9. The number of benzene rings is 3. The molecular formula is C27H22N4O2. The van der Waals surface area contributed by atoms with Gasteiger partial charge in [-0.1, -0.05) is 60.4 Å². The van der Waals surface area contributed by atoms with Gasteiger partial charge in [-0.25, -0.2) is 4.79 Å². The maximum Gasteiger partial charge on any atom is 0.407 e. The lowest BCUT2D eigenvalue weighted by molar-refractivity contribution is 0.143. The van der Waals surface area contributed by atoms with E-state index >= 15 is 0 Å². The number of hydrogen-bond donors (Lipinski definition) is 2. The summed E-state index contributed by atoms with van der Waals surface area (Å²) in [6.07, 6.45) is 3.26. The molecule has 0 fully saturated rings. The molecule has 5 rings (SSSR count). The molecule has 0 saturated heterocycles. The summed E-state index contributed by atoms with van der Waals surface area (Å²) in [6.45, 7) is 0.663. The van der Waals surface area contributed by atoms with E-state index in [2.05, 4.69) is 51.4 Å². The van der Waals surface area contributed by atoms with Crippen molar-refractivity contribution in [3.8, 4) is 23.0 Å². The molecule has 4 aromatic rings. The van der Waals surface area contributed by atoms with Gasteiger partial charge in [-0.05, 0) is 34.4 Å². The van der Waals surface area contributed by atoms with Crippen LogP contribution in [0, 0.1) is 11.8 Å². The van der Waals surface area contributed by atoms with Crippen molar-refractivity contribution in [2.75, 3.05) is 18.9 Å². The molecule has 0 unspecified atom stereocenters. The first kappa shape index (κ1) is 20.5. The molecule has 0 atom stereocenters. The number of nitrogens with one attached hydrogen (secondary N) is 1. The Kier molecular flexibility index (Phi) is 5.61. The fourth-order valence-corrected chi connectivity index (χ4v) is 4.21. The molecular weight excluding hydrogens is 412 g/mol. The molecule has 1 aromatic heterocycles. The molecule has 6 heteroatoms. The van der Waals surface area contributed by atoms with Gasteiger partial charge < -0.3 is 15.8 Å². The number of fused-ring (bicyclic) bond motifs is 4. The van der Waals surface area contributed by atoms with E-state index in [0.29, 0.717) is 29.7 Å². The Hall–Kier alpha value is -4.37. The topological polar surface area (TPSA) is 90.1 Å². The SMILES string of the molecule is Nc1ccc2nccnc2c1C#CCCNC(=O)OCC1c2ccccc2-c2ccccc21. The van der Waals surface area contributed by atoms with E-state index in [1.54, 1.807) is 18.5 Å². The van der Waals surface area contributed by atoms with Crippen molar-refractivity contribution in [2.24, 2.45) is 0 Å². The molecule has 1 amide bonds. The Morgan fingerprint density at radius 3 is 2.42 bits per heavy atom. The Balaban J connectivity index is 1.17. The molecule has 0 spiro atoms. The van der Waals surface area contributed by atoms with Crippen LogP contribution >= 0.6 is 0 Å². The molecule has 3 N–H and O–H groups in total. The standard InChI is InChI=1S/C27H22N4O2/c28-24-12-13-25-26(30-16-15-29-25)22(24)11-5-6-14-31-27(32)33-17-23-20-9-3-1-7-18(20)19-8-2-4-10-21(19)23/h1-4,7-10,12-13,15-16,23H,6,14,17,28H2,(H,31,32). The van der Waals surface area contributed by atoms with E-state index in [1.165, 1.54) is 22.3 Å².